The normalized spacial score (nSPS) is 17.7. The molecule has 1 N–H and O–H groups in total. The van der Waals surface area contributed by atoms with E-state index in [2.05, 4.69) is 15.2 Å². The molecule has 0 amide bonds. The van der Waals surface area contributed by atoms with Crippen molar-refractivity contribution in [3.63, 3.8) is 0 Å². The lowest BCUT2D eigenvalue weighted by Crippen LogP contribution is -2.48. The molecule has 1 unspecified atom stereocenters. The van der Waals surface area contributed by atoms with Crippen molar-refractivity contribution in [2.24, 2.45) is 10.9 Å². The number of carbonyl (C=O) groups excluding carboxylic acids is 1. The van der Waals surface area contributed by atoms with Crippen LogP contribution >= 0.6 is 0 Å². The minimum Gasteiger partial charge on any atom is -0.478 e. The van der Waals surface area contributed by atoms with Gasteiger partial charge in [-0.2, -0.15) is 0 Å². The number of carbonyl (C=O) groups is 1. The molecular formula is C19H30N4O3. The molecule has 0 spiro atoms. The number of nitrogens with zero attached hydrogens (tertiary/aromatic N) is 3. The van der Waals surface area contributed by atoms with E-state index in [4.69, 9.17) is 14.5 Å². The average molecular weight is 362 g/mol. The van der Waals surface area contributed by atoms with Gasteiger partial charge in [-0.25, -0.2) is 9.98 Å². The molecule has 1 fully saturated rings. The zero-order valence-corrected chi connectivity index (χ0v) is 16.0. The Bertz CT molecular complexity index is 606. The van der Waals surface area contributed by atoms with Gasteiger partial charge in [-0.15, -0.1) is 0 Å². The number of rotatable bonds is 7. The van der Waals surface area contributed by atoms with Crippen molar-refractivity contribution in [2.75, 3.05) is 32.8 Å². The smallest absolute Gasteiger partial charge is 0.310 e. The Kier molecular flexibility index (Phi) is 8.18. The summed E-state index contributed by atoms with van der Waals surface area (Å²) in [6, 6.07) is 3.86. The van der Waals surface area contributed by atoms with E-state index in [1.807, 2.05) is 32.9 Å². The van der Waals surface area contributed by atoms with E-state index < -0.39 is 0 Å². The second-order valence-electron chi connectivity index (χ2n) is 6.11. The van der Waals surface area contributed by atoms with Crippen LogP contribution in [0.5, 0.6) is 5.88 Å². The number of nitrogens with one attached hydrogen (secondary N) is 1. The van der Waals surface area contributed by atoms with Crippen LogP contribution in [-0.2, 0) is 16.1 Å². The number of hydrogen-bond acceptors (Lipinski definition) is 5. The van der Waals surface area contributed by atoms with Gasteiger partial charge in [-0.05, 0) is 39.7 Å². The summed E-state index contributed by atoms with van der Waals surface area (Å²) in [4.78, 5) is 23.3. The van der Waals surface area contributed by atoms with Crippen LogP contribution in [0.2, 0.25) is 0 Å². The highest BCUT2D eigenvalue weighted by molar-refractivity contribution is 5.81. The van der Waals surface area contributed by atoms with Crippen molar-refractivity contribution in [2.45, 2.75) is 40.2 Å². The summed E-state index contributed by atoms with van der Waals surface area (Å²) >= 11 is 0. The first kappa shape index (κ1) is 20.0. The third-order valence-corrected chi connectivity index (χ3v) is 4.21. The molecule has 7 nitrogen and oxygen atoms in total. The van der Waals surface area contributed by atoms with E-state index in [-0.39, 0.29) is 11.9 Å². The van der Waals surface area contributed by atoms with Gasteiger partial charge in [0.2, 0.25) is 5.88 Å². The SMILES string of the molecule is CCNC(=NCc1cccnc1OCC)N1CCCC(C(=O)OCC)C1. The van der Waals surface area contributed by atoms with Gasteiger partial charge in [-0.3, -0.25) is 4.79 Å². The van der Waals surface area contributed by atoms with Gasteiger partial charge in [-0.1, -0.05) is 6.07 Å². The van der Waals surface area contributed by atoms with Crippen LogP contribution in [0.25, 0.3) is 0 Å². The first-order chi connectivity index (χ1) is 12.7. The number of pyridine rings is 1. The summed E-state index contributed by atoms with van der Waals surface area (Å²) in [5.41, 5.74) is 0.948. The molecule has 0 saturated carbocycles. The van der Waals surface area contributed by atoms with Gasteiger partial charge >= 0.3 is 5.97 Å². The third-order valence-electron chi connectivity index (χ3n) is 4.21. The van der Waals surface area contributed by atoms with E-state index in [1.165, 1.54) is 0 Å². The molecule has 0 bridgehead atoms. The molecule has 0 aromatic carbocycles. The summed E-state index contributed by atoms with van der Waals surface area (Å²) in [6.45, 7) is 9.58. The quantitative estimate of drug-likeness (QED) is 0.455. The Morgan fingerprint density at radius 2 is 2.23 bits per heavy atom. The summed E-state index contributed by atoms with van der Waals surface area (Å²) < 4.78 is 10.8. The highest BCUT2D eigenvalue weighted by Crippen LogP contribution is 2.19. The molecule has 1 saturated heterocycles. The molecule has 1 aromatic rings. The second-order valence-corrected chi connectivity index (χ2v) is 6.11. The van der Waals surface area contributed by atoms with Crippen LogP contribution in [0.3, 0.4) is 0 Å². The number of hydrogen-bond donors (Lipinski definition) is 1. The van der Waals surface area contributed by atoms with Gasteiger partial charge in [0, 0.05) is 31.4 Å². The fourth-order valence-corrected chi connectivity index (χ4v) is 3.02. The predicted molar refractivity (Wildman–Crippen MR) is 101 cm³/mol. The predicted octanol–water partition coefficient (Wildman–Crippen LogP) is 2.22. The van der Waals surface area contributed by atoms with Gasteiger partial charge in [0.25, 0.3) is 0 Å². The lowest BCUT2D eigenvalue weighted by Gasteiger charge is -2.34. The minimum absolute atomic E-state index is 0.0927. The van der Waals surface area contributed by atoms with E-state index in [1.54, 1.807) is 6.20 Å². The van der Waals surface area contributed by atoms with Crippen LogP contribution in [0.4, 0.5) is 0 Å². The Balaban J connectivity index is 2.09. The van der Waals surface area contributed by atoms with Crippen molar-refractivity contribution in [1.82, 2.24) is 15.2 Å². The topological polar surface area (TPSA) is 76.1 Å². The fraction of sp³-hybridized carbons (Fsp3) is 0.632. The van der Waals surface area contributed by atoms with Crippen molar-refractivity contribution < 1.29 is 14.3 Å². The number of aliphatic imine (C=N–C) groups is 1. The number of piperidine rings is 1. The number of ether oxygens (including phenoxy) is 2. The molecule has 1 aromatic heterocycles. The minimum atomic E-state index is -0.112. The monoisotopic (exact) mass is 362 g/mol. The number of esters is 1. The Morgan fingerprint density at radius 3 is 2.96 bits per heavy atom. The van der Waals surface area contributed by atoms with E-state index in [0.29, 0.717) is 32.2 Å². The maximum atomic E-state index is 12.1. The Morgan fingerprint density at radius 1 is 1.38 bits per heavy atom. The summed E-state index contributed by atoms with van der Waals surface area (Å²) in [5, 5.41) is 3.33. The molecule has 0 radical (unpaired) electrons. The van der Waals surface area contributed by atoms with E-state index in [0.717, 1.165) is 37.5 Å². The van der Waals surface area contributed by atoms with Crippen molar-refractivity contribution in [1.29, 1.82) is 0 Å². The summed E-state index contributed by atoms with van der Waals surface area (Å²) in [7, 11) is 0. The average Bonchev–Trinajstić information content (AvgIpc) is 2.67. The maximum absolute atomic E-state index is 12.1. The molecule has 1 aliphatic heterocycles. The van der Waals surface area contributed by atoms with Gasteiger partial charge in [0.05, 0.1) is 25.7 Å². The van der Waals surface area contributed by atoms with Crippen molar-refractivity contribution in [3.8, 4) is 5.88 Å². The standard InChI is InChI=1S/C19H30N4O3/c1-4-20-19(22-13-15-9-7-11-21-17(15)25-5-2)23-12-8-10-16(14-23)18(24)26-6-3/h7,9,11,16H,4-6,8,10,12-14H2,1-3H3,(H,20,22). The zero-order chi connectivity index (χ0) is 18.8. The summed E-state index contributed by atoms with van der Waals surface area (Å²) in [6.07, 6.45) is 3.54. The molecule has 26 heavy (non-hydrogen) atoms. The number of aromatic nitrogens is 1. The Labute approximate surface area is 155 Å². The lowest BCUT2D eigenvalue weighted by atomic mass is 9.98. The molecule has 7 heteroatoms. The van der Waals surface area contributed by atoms with Crippen molar-refractivity contribution in [3.05, 3.63) is 23.9 Å². The molecule has 144 valence electrons. The van der Waals surface area contributed by atoms with Gasteiger partial charge in [0.1, 0.15) is 0 Å². The van der Waals surface area contributed by atoms with E-state index >= 15 is 0 Å². The first-order valence-electron chi connectivity index (χ1n) is 9.46. The second kappa shape index (κ2) is 10.6. The molecule has 0 aliphatic carbocycles. The highest BCUT2D eigenvalue weighted by atomic mass is 16.5. The zero-order valence-electron chi connectivity index (χ0n) is 16.0. The summed E-state index contributed by atoms with van der Waals surface area (Å²) in [5.74, 6) is 1.23. The van der Waals surface area contributed by atoms with Crippen LogP contribution in [0.15, 0.2) is 23.3 Å². The van der Waals surface area contributed by atoms with Crippen LogP contribution in [-0.4, -0.2) is 54.7 Å². The molecule has 1 aliphatic rings. The van der Waals surface area contributed by atoms with E-state index in [9.17, 15) is 4.79 Å². The number of guanidine groups is 1. The molecule has 1 atom stereocenters. The lowest BCUT2D eigenvalue weighted by molar-refractivity contribution is -0.149. The van der Waals surface area contributed by atoms with Gasteiger partial charge < -0.3 is 19.7 Å². The fourth-order valence-electron chi connectivity index (χ4n) is 3.02. The highest BCUT2D eigenvalue weighted by Gasteiger charge is 2.28. The third kappa shape index (κ3) is 5.61. The van der Waals surface area contributed by atoms with Crippen LogP contribution in [0.1, 0.15) is 39.2 Å². The maximum Gasteiger partial charge on any atom is 0.310 e. The number of likely N-dealkylation sites (tertiary alicyclic amines) is 1. The molecule has 2 heterocycles. The van der Waals surface area contributed by atoms with Crippen LogP contribution in [0, 0.1) is 5.92 Å². The van der Waals surface area contributed by atoms with Gasteiger partial charge in [0.15, 0.2) is 5.96 Å². The largest absolute Gasteiger partial charge is 0.478 e. The van der Waals surface area contributed by atoms with Crippen molar-refractivity contribution >= 4 is 11.9 Å². The van der Waals surface area contributed by atoms with Crippen LogP contribution < -0.4 is 10.1 Å². The first-order valence-corrected chi connectivity index (χ1v) is 9.46. The Hall–Kier alpha value is -2.31. The molecule has 2 rings (SSSR count). The molecular weight excluding hydrogens is 332 g/mol.